The zero-order chi connectivity index (χ0) is 10.6. The van der Waals surface area contributed by atoms with Gasteiger partial charge in [-0.25, -0.2) is 8.78 Å². The van der Waals surface area contributed by atoms with Gasteiger partial charge in [-0.2, -0.15) is 0 Å². The van der Waals surface area contributed by atoms with Crippen molar-refractivity contribution >= 4 is 0 Å². The Morgan fingerprint density at radius 3 is 2.71 bits per heavy atom. The summed E-state index contributed by atoms with van der Waals surface area (Å²) in [5.74, 6) is -1.15. The van der Waals surface area contributed by atoms with Crippen molar-refractivity contribution in [3.63, 3.8) is 0 Å². The normalized spacial score (nSPS) is 12.9. The molecule has 1 unspecified atom stereocenters. The molecular formula is C10H13F2NO. The fraction of sp³-hybridized carbons (Fsp3) is 0.400. The standard InChI is InChI=1S/C10H13F2NO/c1-7(13-4-5-14)9-3-2-8(11)6-10(9)12/h2-3,6-7,13-14H,4-5H2,1H3. The third-order valence-corrected chi connectivity index (χ3v) is 1.99. The quantitative estimate of drug-likeness (QED) is 0.775. The monoisotopic (exact) mass is 201 g/mol. The predicted octanol–water partition coefficient (Wildman–Crippen LogP) is 1.61. The Morgan fingerprint density at radius 1 is 1.43 bits per heavy atom. The lowest BCUT2D eigenvalue weighted by atomic mass is 10.1. The fourth-order valence-corrected chi connectivity index (χ4v) is 1.24. The van der Waals surface area contributed by atoms with Gasteiger partial charge < -0.3 is 10.4 Å². The maximum Gasteiger partial charge on any atom is 0.130 e. The zero-order valence-corrected chi connectivity index (χ0v) is 7.93. The molecule has 0 saturated carbocycles. The summed E-state index contributed by atoms with van der Waals surface area (Å²) in [6, 6.07) is 3.24. The van der Waals surface area contributed by atoms with Crippen LogP contribution in [0.2, 0.25) is 0 Å². The van der Waals surface area contributed by atoms with Crippen molar-refractivity contribution in [2.75, 3.05) is 13.2 Å². The van der Waals surface area contributed by atoms with Crippen LogP contribution >= 0.6 is 0 Å². The number of nitrogens with one attached hydrogen (secondary N) is 1. The molecule has 2 nitrogen and oxygen atoms in total. The molecule has 0 saturated heterocycles. The van der Waals surface area contributed by atoms with E-state index in [1.807, 2.05) is 0 Å². The van der Waals surface area contributed by atoms with Gasteiger partial charge in [-0.1, -0.05) is 6.07 Å². The third-order valence-electron chi connectivity index (χ3n) is 1.99. The van der Waals surface area contributed by atoms with Crippen molar-refractivity contribution in [2.24, 2.45) is 0 Å². The van der Waals surface area contributed by atoms with Gasteiger partial charge in [0.15, 0.2) is 0 Å². The van der Waals surface area contributed by atoms with Crippen LogP contribution in [0.25, 0.3) is 0 Å². The van der Waals surface area contributed by atoms with Crippen molar-refractivity contribution in [3.05, 3.63) is 35.4 Å². The SMILES string of the molecule is CC(NCCO)c1ccc(F)cc1F. The smallest absolute Gasteiger partial charge is 0.130 e. The van der Waals surface area contributed by atoms with Crippen molar-refractivity contribution in [3.8, 4) is 0 Å². The summed E-state index contributed by atoms with van der Waals surface area (Å²) in [5.41, 5.74) is 0.403. The van der Waals surface area contributed by atoms with E-state index in [2.05, 4.69) is 5.32 Å². The van der Waals surface area contributed by atoms with Gasteiger partial charge in [0, 0.05) is 24.2 Å². The molecule has 0 spiro atoms. The third kappa shape index (κ3) is 2.75. The Labute approximate surface area is 81.6 Å². The van der Waals surface area contributed by atoms with Gasteiger partial charge in [0.05, 0.1) is 6.61 Å². The molecule has 0 heterocycles. The van der Waals surface area contributed by atoms with Crippen molar-refractivity contribution < 1.29 is 13.9 Å². The van der Waals surface area contributed by atoms with E-state index < -0.39 is 11.6 Å². The molecular weight excluding hydrogens is 188 g/mol. The lowest BCUT2D eigenvalue weighted by Crippen LogP contribution is -2.22. The average Bonchev–Trinajstić information content (AvgIpc) is 2.14. The summed E-state index contributed by atoms with van der Waals surface area (Å²) in [6.07, 6.45) is 0. The Hall–Kier alpha value is -1.00. The largest absolute Gasteiger partial charge is 0.395 e. The Morgan fingerprint density at radius 2 is 2.14 bits per heavy atom. The highest BCUT2D eigenvalue weighted by molar-refractivity contribution is 5.21. The number of benzene rings is 1. The summed E-state index contributed by atoms with van der Waals surface area (Å²) in [7, 11) is 0. The molecule has 0 bridgehead atoms. The lowest BCUT2D eigenvalue weighted by Gasteiger charge is -2.13. The summed E-state index contributed by atoms with van der Waals surface area (Å²) >= 11 is 0. The van der Waals surface area contributed by atoms with Crippen LogP contribution in [0.1, 0.15) is 18.5 Å². The van der Waals surface area contributed by atoms with E-state index in [0.717, 1.165) is 6.07 Å². The minimum absolute atomic E-state index is 0.00679. The van der Waals surface area contributed by atoms with Crippen LogP contribution in [-0.2, 0) is 0 Å². The lowest BCUT2D eigenvalue weighted by molar-refractivity contribution is 0.285. The molecule has 0 aromatic heterocycles. The van der Waals surface area contributed by atoms with Gasteiger partial charge in [0.1, 0.15) is 11.6 Å². The Balaban J connectivity index is 2.74. The second-order valence-electron chi connectivity index (χ2n) is 3.07. The van der Waals surface area contributed by atoms with Crippen LogP contribution in [0.5, 0.6) is 0 Å². The molecule has 4 heteroatoms. The van der Waals surface area contributed by atoms with Gasteiger partial charge in [0.2, 0.25) is 0 Å². The van der Waals surface area contributed by atoms with E-state index in [9.17, 15) is 8.78 Å². The highest BCUT2D eigenvalue weighted by Gasteiger charge is 2.10. The topological polar surface area (TPSA) is 32.3 Å². The van der Waals surface area contributed by atoms with E-state index >= 15 is 0 Å². The van der Waals surface area contributed by atoms with Crippen LogP contribution < -0.4 is 5.32 Å². The summed E-state index contributed by atoms with van der Waals surface area (Å²) < 4.78 is 25.7. The van der Waals surface area contributed by atoms with Crippen LogP contribution in [0.4, 0.5) is 8.78 Å². The van der Waals surface area contributed by atoms with Crippen LogP contribution in [0.3, 0.4) is 0 Å². The van der Waals surface area contributed by atoms with E-state index in [1.165, 1.54) is 12.1 Å². The first-order valence-electron chi connectivity index (χ1n) is 4.44. The first kappa shape index (κ1) is 11.1. The predicted molar refractivity (Wildman–Crippen MR) is 49.9 cm³/mol. The molecule has 0 aliphatic carbocycles. The minimum Gasteiger partial charge on any atom is -0.395 e. The number of aliphatic hydroxyl groups is 1. The number of hydrogen-bond acceptors (Lipinski definition) is 2. The second kappa shape index (κ2) is 5.02. The fourth-order valence-electron chi connectivity index (χ4n) is 1.24. The molecule has 1 aromatic carbocycles. The van der Waals surface area contributed by atoms with Crippen LogP contribution in [0.15, 0.2) is 18.2 Å². The number of aliphatic hydroxyl groups excluding tert-OH is 1. The van der Waals surface area contributed by atoms with E-state index in [-0.39, 0.29) is 12.6 Å². The van der Waals surface area contributed by atoms with Gasteiger partial charge in [-0.3, -0.25) is 0 Å². The molecule has 78 valence electrons. The van der Waals surface area contributed by atoms with Crippen molar-refractivity contribution in [1.82, 2.24) is 5.32 Å². The summed E-state index contributed by atoms with van der Waals surface area (Å²) in [4.78, 5) is 0. The van der Waals surface area contributed by atoms with Gasteiger partial charge >= 0.3 is 0 Å². The molecule has 2 N–H and O–H groups in total. The Bertz CT molecular complexity index is 304. The van der Waals surface area contributed by atoms with Crippen molar-refractivity contribution in [2.45, 2.75) is 13.0 Å². The van der Waals surface area contributed by atoms with E-state index in [0.29, 0.717) is 12.1 Å². The molecule has 1 rings (SSSR count). The summed E-state index contributed by atoms with van der Waals surface area (Å²) in [6.45, 7) is 2.14. The van der Waals surface area contributed by atoms with E-state index in [1.54, 1.807) is 6.92 Å². The van der Waals surface area contributed by atoms with Gasteiger partial charge in [-0.05, 0) is 13.0 Å². The maximum absolute atomic E-state index is 13.2. The maximum atomic E-state index is 13.2. The molecule has 1 aromatic rings. The minimum atomic E-state index is -0.583. The number of rotatable bonds is 4. The number of hydrogen-bond donors (Lipinski definition) is 2. The van der Waals surface area contributed by atoms with E-state index in [4.69, 9.17) is 5.11 Å². The van der Waals surface area contributed by atoms with Gasteiger partial charge in [-0.15, -0.1) is 0 Å². The number of halogens is 2. The molecule has 1 atom stereocenters. The van der Waals surface area contributed by atoms with Crippen molar-refractivity contribution in [1.29, 1.82) is 0 Å². The molecule has 0 amide bonds. The Kier molecular flexibility index (Phi) is 3.98. The first-order chi connectivity index (χ1) is 6.65. The first-order valence-corrected chi connectivity index (χ1v) is 4.44. The molecule has 0 aliphatic rings. The summed E-state index contributed by atoms with van der Waals surface area (Å²) in [5, 5.41) is 11.5. The van der Waals surface area contributed by atoms with Crippen LogP contribution in [0, 0.1) is 11.6 Å². The highest BCUT2D eigenvalue weighted by Crippen LogP contribution is 2.17. The van der Waals surface area contributed by atoms with Crippen LogP contribution in [-0.4, -0.2) is 18.3 Å². The molecule has 0 fully saturated rings. The second-order valence-corrected chi connectivity index (χ2v) is 3.07. The molecule has 0 aliphatic heterocycles. The zero-order valence-electron chi connectivity index (χ0n) is 7.93. The molecule has 0 radical (unpaired) electrons. The van der Waals surface area contributed by atoms with Gasteiger partial charge in [0.25, 0.3) is 0 Å². The average molecular weight is 201 g/mol. The highest BCUT2D eigenvalue weighted by atomic mass is 19.1. The molecule has 14 heavy (non-hydrogen) atoms.